The summed E-state index contributed by atoms with van der Waals surface area (Å²) in [7, 11) is 0. The Bertz CT molecular complexity index is 703. The molecule has 24 heavy (non-hydrogen) atoms. The Morgan fingerprint density at radius 1 is 1.29 bits per heavy atom. The minimum absolute atomic E-state index is 0.0198. The smallest absolute Gasteiger partial charge is 0.225 e. The van der Waals surface area contributed by atoms with E-state index < -0.39 is 0 Å². The largest absolute Gasteiger partial charge is 0.349 e. The van der Waals surface area contributed by atoms with Crippen molar-refractivity contribution in [2.24, 2.45) is 5.92 Å². The molecule has 1 aliphatic heterocycles. The number of hydrogen-bond acceptors (Lipinski definition) is 3. The van der Waals surface area contributed by atoms with Crippen LogP contribution in [0.5, 0.6) is 0 Å². The Kier molecular flexibility index (Phi) is 4.89. The summed E-state index contributed by atoms with van der Waals surface area (Å²) in [5.74, 6) is -0.333. The maximum absolute atomic E-state index is 12.5. The number of likely N-dealkylation sites (tertiary alicyclic amines) is 1. The van der Waals surface area contributed by atoms with Crippen molar-refractivity contribution < 1.29 is 9.59 Å². The number of pyridine rings is 1. The van der Waals surface area contributed by atoms with Crippen LogP contribution in [0.3, 0.4) is 0 Å². The molecule has 2 amide bonds. The SMILES string of the molecule is CC(NC(=O)C1CC(=O)N(Cc2cccnc2)C1)c1ccccc1. The van der Waals surface area contributed by atoms with Gasteiger partial charge in [-0.1, -0.05) is 36.4 Å². The lowest BCUT2D eigenvalue weighted by Crippen LogP contribution is -2.34. The molecule has 5 heteroatoms. The molecule has 2 unspecified atom stereocenters. The third-order valence-corrected chi connectivity index (χ3v) is 4.34. The zero-order valence-electron chi connectivity index (χ0n) is 13.7. The van der Waals surface area contributed by atoms with Gasteiger partial charge in [-0.3, -0.25) is 14.6 Å². The zero-order valence-corrected chi connectivity index (χ0v) is 13.7. The van der Waals surface area contributed by atoms with Crippen molar-refractivity contribution in [2.45, 2.75) is 25.9 Å². The first kappa shape index (κ1) is 16.2. The van der Waals surface area contributed by atoms with Crippen LogP contribution in [-0.2, 0) is 16.1 Å². The second-order valence-corrected chi connectivity index (χ2v) is 6.18. The molecule has 3 rings (SSSR count). The Labute approximate surface area is 141 Å². The average Bonchev–Trinajstić information content (AvgIpc) is 2.97. The van der Waals surface area contributed by atoms with Gasteiger partial charge in [-0.05, 0) is 24.1 Å². The predicted molar refractivity (Wildman–Crippen MR) is 90.8 cm³/mol. The fourth-order valence-electron chi connectivity index (χ4n) is 2.97. The summed E-state index contributed by atoms with van der Waals surface area (Å²) in [5, 5.41) is 3.01. The van der Waals surface area contributed by atoms with Gasteiger partial charge in [-0.25, -0.2) is 0 Å². The lowest BCUT2D eigenvalue weighted by molar-refractivity contribution is -0.129. The highest BCUT2D eigenvalue weighted by molar-refractivity contribution is 5.89. The predicted octanol–water partition coefficient (Wildman–Crippen LogP) is 2.31. The van der Waals surface area contributed by atoms with Crippen LogP contribution in [0.1, 0.15) is 30.5 Å². The molecule has 124 valence electrons. The van der Waals surface area contributed by atoms with Crippen LogP contribution in [0.25, 0.3) is 0 Å². The molecule has 1 fully saturated rings. The van der Waals surface area contributed by atoms with Gasteiger partial charge < -0.3 is 10.2 Å². The van der Waals surface area contributed by atoms with Gasteiger partial charge >= 0.3 is 0 Å². The number of amides is 2. The fraction of sp³-hybridized carbons (Fsp3) is 0.316. The van der Waals surface area contributed by atoms with Crippen LogP contribution in [0.2, 0.25) is 0 Å². The average molecular weight is 323 g/mol. The third-order valence-electron chi connectivity index (χ3n) is 4.34. The second-order valence-electron chi connectivity index (χ2n) is 6.18. The first-order chi connectivity index (χ1) is 11.6. The van der Waals surface area contributed by atoms with Crippen LogP contribution in [0.4, 0.5) is 0 Å². The summed E-state index contributed by atoms with van der Waals surface area (Å²) >= 11 is 0. The van der Waals surface area contributed by atoms with Crippen molar-refractivity contribution in [3.63, 3.8) is 0 Å². The molecule has 0 aliphatic carbocycles. The number of benzene rings is 1. The van der Waals surface area contributed by atoms with Crippen molar-refractivity contribution in [2.75, 3.05) is 6.54 Å². The van der Waals surface area contributed by atoms with E-state index in [1.165, 1.54) is 0 Å². The van der Waals surface area contributed by atoms with Gasteiger partial charge in [0, 0.05) is 31.9 Å². The third kappa shape index (κ3) is 3.79. The van der Waals surface area contributed by atoms with Gasteiger partial charge in [-0.15, -0.1) is 0 Å². The first-order valence-electron chi connectivity index (χ1n) is 8.15. The number of nitrogens with zero attached hydrogens (tertiary/aromatic N) is 2. The van der Waals surface area contributed by atoms with Crippen molar-refractivity contribution in [1.82, 2.24) is 15.2 Å². The van der Waals surface area contributed by atoms with E-state index in [0.717, 1.165) is 11.1 Å². The summed E-state index contributed by atoms with van der Waals surface area (Å²) in [6.45, 7) is 2.92. The van der Waals surface area contributed by atoms with Gasteiger partial charge in [0.1, 0.15) is 0 Å². The minimum Gasteiger partial charge on any atom is -0.349 e. The molecule has 2 aromatic rings. The molecule has 0 saturated carbocycles. The molecular weight excluding hydrogens is 302 g/mol. The van der Waals surface area contributed by atoms with Gasteiger partial charge in [0.05, 0.1) is 12.0 Å². The Morgan fingerprint density at radius 3 is 2.79 bits per heavy atom. The van der Waals surface area contributed by atoms with Crippen LogP contribution in [0, 0.1) is 5.92 Å². The van der Waals surface area contributed by atoms with Crippen molar-refractivity contribution in [3.05, 3.63) is 66.0 Å². The molecule has 0 spiro atoms. The number of aromatic nitrogens is 1. The normalized spacial score (nSPS) is 18.5. The van der Waals surface area contributed by atoms with E-state index in [0.29, 0.717) is 13.1 Å². The number of carbonyl (C=O) groups is 2. The molecule has 1 aliphatic rings. The van der Waals surface area contributed by atoms with E-state index in [2.05, 4.69) is 10.3 Å². The van der Waals surface area contributed by atoms with Crippen LogP contribution in [0.15, 0.2) is 54.9 Å². The lowest BCUT2D eigenvalue weighted by atomic mass is 10.1. The summed E-state index contributed by atoms with van der Waals surface area (Å²) in [6.07, 6.45) is 3.72. The Morgan fingerprint density at radius 2 is 2.08 bits per heavy atom. The van der Waals surface area contributed by atoms with E-state index in [9.17, 15) is 9.59 Å². The van der Waals surface area contributed by atoms with E-state index in [1.807, 2.05) is 49.4 Å². The van der Waals surface area contributed by atoms with Crippen molar-refractivity contribution in [1.29, 1.82) is 0 Å². The summed E-state index contributed by atoms with van der Waals surface area (Å²) in [4.78, 5) is 30.4. The standard InChI is InChI=1S/C19H21N3O2/c1-14(16-7-3-2-4-8-16)21-19(24)17-10-18(23)22(13-17)12-15-6-5-9-20-11-15/h2-9,11,14,17H,10,12-13H2,1H3,(H,21,24). The topological polar surface area (TPSA) is 62.3 Å². The number of nitrogens with one attached hydrogen (secondary N) is 1. The molecular formula is C19H21N3O2. The number of rotatable bonds is 5. The van der Waals surface area contributed by atoms with Crippen LogP contribution >= 0.6 is 0 Å². The summed E-state index contributed by atoms with van der Waals surface area (Å²) < 4.78 is 0. The molecule has 0 radical (unpaired) electrons. The van der Waals surface area contributed by atoms with E-state index in [1.54, 1.807) is 17.3 Å². The van der Waals surface area contributed by atoms with E-state index >= 15 is 0 Å². The molecule has 2 heterocycles. The van der Waals surface area contributed by atoms with Gasteiger partial charge in [-0.2, -0.15) is 0 Å². The van der Waals surface area contributed by atoms with Gasteiger partial charge in [0.25, 0.3) is 0 Å². The number of hydrogen-bond donors (Lipinski definition) is 1. The molecule has 1 saturated heterocycles. The van der Waals surface area contributed by atoms with Crippen molar-refractivity contribution in [3.8, 4) is 0 Å². The minimum atomic E-state index is -0.291. The highest BCUT2D eigenvalue weighted by Crippen LogP contribution is 2.21. The summed E-state index contributed by atoms with van der Waals surface area (Å²) in [5.41, 5.74) is 2.03. The second kappa shape index (κ2) is 7.25. The van der Waals surface area contributed by atoms with Gasteiger partial charge in [0.2, 0.25) is 11.8 Å². The lowest BCUT2D eigenvalue weighted by Gasteiger charge is -2.18. The quantitative estimate of drug-likeness (QED) is 0.918. The highest BCUT2D eigenvalue weighted by atomic mass is 16.2. The highest BCUT2D eigenvalue weighted by Gasteiger charge is 2.34. The maximum atomic E-state index is 12.5. The Balaban J connectivity index is 1.58. The van der Waals surface area contributed by atoms with Crippen LogP contribution in [-0.4, -0.2) is 28.2 Å². The number of carbonyl (C=O) groups excluding carboxylic acids is 2. The molecule has 1 aromatic carbocycles. The monoisotopic (exact) mass is 323 g/mol. The van der Waals surface area contributed by atoms with Gasteiger partial charge in [0.15, 0.2) is 0 Å². The van der Waals surface area contributed by atoms with Crippen molar-refractivity contribution >= 4 is 11.8 Å². The first-order valence-corrected chi connectivity index (χ1v) is 8.15. The van der Waals surface area contributed by atoms with Crippen LogP contribution < -0.4 is 5.32 Å². The van der Waals surface area contributed by atoms with E-state index in [4.69, 9.17) is 0 Å². The zero-order chi connectivity index (χ0) is 16.9. The molecule has 5 nitrogen and oxygen atoms in total. The van der Waals surface area contributed by atoms with E-state index in [-0.39, 0.29) is 30.2 Å². The summed E-state index contributed by atoms with van der Waals surface area (Å²) in [6, 6.07) is 13.5. The molecule has 0 bridgehead atoms. The molecule has 1 N–H and O–H groups in total. The Hall–Kier alpha value is -2.69. The molecule has 1 aromatic heterocycles. The molecule has 2 atom stereocenters. The fourth-order valence-corrected chi connectivity index (χ4v) is 2.97. The maximum Gasteiger partial charge on any atom is 0.225 e.